The second kappa shape index (κ2) is 4.97. The van der Waals surface area contributed by atoms with E-state index in [2.05, 4.69) is 0 Å². The van der Waals surface area contributed by atoms with Crippen LogP contribution >= 0.6 is 23.2 Å². The van der Waals surface area contributed by atoms with Crippen LogP contribution in [0.25, 0.3) is 0 Å². The molecule has 1 aliphatic carbocycles. The molecule has 0 aliphatic heterocycles. The normalized spacial score (nSPS) is 28.1. The summed E-state index contributed by atoms with van der Waals surface area (Å²) in [6, 6.07) is 0. The molecule has 0 bridgehead atoms. The molecule has 0 N–H and O–H groups in total. The fourth-order valence-corrected chi connectivity index (χ4v) is 2.20. The minimum absolute atomic E-state index is 0.0278. The van der Waals surface area contributed by atoms with Crippen molar-refractivity contribution in [3.63, 3.8) is 0 Å². The Morgan fingerprint density at radius 1 is 1.50 bits per heavy atom. The molecule has 4 heteroatoms. The van der Waals surface area contributed by atoms with Gasteiger partial charge in [0.05, 0.1) is 12.0 Å². The Kier molecular flexibility index (Phi) is 4.30. The zero-order valence-corrected chi connectivity index (χ0v) is 11.6. The first-order valence-corrected chi connectivity index (χ1v) is 6.29. The molecular weight excluding hydrogens is 247 g/mol. The second-order valence-electron chi connectivity index (χ2n) is 4.94. The summed E-state index contributed by atoms with van der Waals surface area (Å²) in [6.45, 7) is 7.93. The van der Waals surface area contributed by atoms with Crippen molar-refractivity contribution in [1.29, 1.82) is 0 Å². The van der Waals surface area contributed by atoms with E-state index in [1.165, 1.54) is 0 Å². The van der Waals surface area contributed by atoms with Crippen molar-refractivity contribution < 1.29 is 9.53 Å². The zero-order valence-electron chi connectivity index (χ0n) is 10.1. The van der Waals surface area contributed by atoms with Crippen molar-refractivity contribution >= 4 is 29.2 Å². The molecule has 1 fully saturated rings. The van der Waals surface area contributed by atoms with Gasteiger partial charge in [-0.1, -0.05) is 44.0 Å². The van der Waals surface area contributed by atoms with Crippen LogP contribution in [-0.2, 0) is 9.53 Å². The molecule has 0 heterocycles. The summed E-state index contributed by atoms with van der Waals surface area (Å²) in [5.74, 6) is -0.168. The lowest BCUT2D eigenvalue weighted by atomic mass is 10.1. The molecule has 1 aliphatic rings. The number of rotatable bonds is 4. The summed E-state index contributed by atoms with van der Waals surface area (Å²) in [7, 11) is 0. The highest BCUT2D eigenvalue weighted by Gasteiger charge is 2.61. The van der Waals surface area contributed by atoms with Gasteiger partial charge in [-0.15, -0.1) is 0 Å². The van der Waals surface area contributed by atoms with Crippen molar-refractivity contribution in [2.75, 3.05) is 0 Å². The maximum atomic E-state index is 11.8. The van der Waals surface area contributed by atoms with E-state index in [0.29, 0.717) is 0 Å². The minimum atomic E-state index is -0.143. The van der Waals surface area contributed by atoms with Crippen LogP contribution in [0.1, 0.15) is 34.1 Å². The number of carbonyl (C=O) groups excluding carboxylic acids is 1. The summed E-state index contributed by atoms with van der Waals surface area (Å²) < 4.78 is 5.54. The number of esters is 1. The van der Waals surface area contributed by atoms with E-state index in [-0.39, 0.29) is 33.8 Å². The van der Waals surface area contributed by atoms with Gasteiger partial charge in [0, 0.05) is 0 Å². The van der Waals surface area contributed by atoms with Crippen LogP contribution in [0.4, 0.5) is 0 Å². The molecular formula is C12H18Cl2O2. The zero-order chi connectivity index (χ0) is 12.5. The van der Waals surface area contributed by atoms with E-state index in [9.17, 15) is 4.79 Å². The van der Waals surface area contributed by atoms with E-state index in [0.717, 1.165) is 6.42 Å². The van der Waals surface area contributed by atoms with E-state index in [4.69, 9.17) is 27.9 Å². The van der Waals surface area contributed by atoms with Gasteiger partial charge < -0.3 is 4.74 Å². The lowest BCUT2D eigenvalue weighted by Crippen LogP contribution is -2.17. The molecule has 3 atom stereocenters. The first kappa shape index (κ1) is 13.9. The minimum Gasteiger partial charge on any atom is -0.462 e. The summed E-state index contributed by atoms with van der Waals surface area (Å²) in [5.41, 5.74) is -0.0976. The van der Waals surface area contributed by atoms with Crippen molar-refractivity contribution in [2.45, 2.75) is 40.2 Å². The summed E-state index contributed by atoms with van der Waals surface area (Å²) in [4.78, 5) is 11.8. The van der Waals surface area contributed by atoms with Gasteiger partial charge in [0.1, 0.15) is 4.49 Å². The molecule has 1 rings (SSSR count). The van der Waals surface area contributed by atoms with Gasteiger partial charge in [0.2, 0.25) is 0 Å². The Balaban J connectivity index is 2.63. The molecule has 1 saturated carbocycles. The molecule has 3 unspecified atom stereocenters. The molecule has 0 spiro atoms. The second-order valence-corrected chi connectivity index (χ2v) is 5.94. The number of hydrogen-bond acceptors (Lipinski definition) is 2. The van der Waals surface area contributed by atoms with Crippen molar-refractivity contribution in [3.8, 4) is 0 Å². The number of hydrogen-bond donors (Lipinski definition) is 0. The fraction of sp³-hybridized carbons (Fsp3) is 0.750. The van der Waals surface area contributed by atoms with Crippen molar-refractivity contribution in [2.24, 2.45) is 17.3 Å². The molecule has 2 nitrogen and oxygen atoms in total. The summed E-state index contributed by atoms with van der Waals surface area (Å²) in [5, 5.41) is 0. The van der Waals surface area contributed by atoms with E-state index >= 15 is 0 Å². The third kappa shape index (κ3) is 2.92. The molecule has 0 aromatic rings. The third-order valence-corrected chi connectivity index (χ3v) is 3.61. The molecule has 92 valence electrons. The van der Waals surface area contributed by atoms with Crippen LogP contribution in [0.5, 0.6) is 0 Å². The average molecular weight is 265 g/mol. The highest BCUT2D eigenvalue weighted by atomic mass is 35.5. The molecule has 0 radical (unpaired) electrons. The smallest absolute Gasteiger partial charge is 0.310 e. The maximum absolute atomic E-state index is 11.8. The van der Waals surface area contributed by atoms with Crippen LogP contribution in [0, 0.1) is 17.3 Å². The van der Waals surface area contributed by atoms with E-state index in [1.807, 2.05) is 27.7 Å². The lowest BCUT2D eigenvalue weighted by molar-refractivity contribution is -0.150. The predicted octanol–water partition coefficient (Wildman–Crippen LogP) is 3.92. The topological polar surface area (TPSA) is 26.3 Å². The molecule has 0 aromatic heterocycles. The Labute approximate surface area is 107 Å². The third-order valence-electron chi connectivity index (χ3n) is 3.36. The quantitative estimate of drug-likeness (QED) is 0.720. The van der Waals surface area contributed by atoms with Gasteiger partial charge >= 0.3 is 5.97 Å². The Morgan fingerprint density at radius 2 is 2.06 bits per heavy atom. The molecule has 16 heavy (non-hydrogen) atoms. The van der Waals surface area contributed by atoms with E-state index in [1.54, 1.807) is 6.08 Å². The Hall–Kier alpha value is -0.210. The van der Waals surface area contributed by atoms with Crippen LogP contribution in [0.3, 0.4) is 0 Å². The van der Waals surface area contributed by atoms with Gasteiger partial charge in [-0.3, -0.25) is 4.79 Å². The highest BCUT2D eigenvalue weighted by Crippen LogP contribution is 2.60. The largest absolute Gasteiger partial charge is 0.462 e. The van der Waals surface area contributed by atoms with Gasteiger partial charge in [0.25, 0.3) is 0 Å². The predicted molar refractivity (Wildman–Crippen MR) is 66.4 cm³/mol. The fourth-order valence-electron chi connectivity index (χ4n) is 1.93. The standard InChI is InChI=1S/C12H18Cl2O2/c1-5-7(2)16-11(15)10-8(6-9(13)14)12(10,3)4/h6-8,10H,5H2,1-4H3. The van der Waals surface area contributed by atoms with Crippen LogP contribution in [0.2, 0.25) is 0 Å². The molecule has 0 amide bonds. The Morgan fingerprint density at radius 3 is 2.50 bits per heavy atom. The molecule has 0 saturated heterocycles. The van der Waals surface area contributed by atoms with Crippen LogP contribution in [0.15, 0.2) is 10.6 Å². The Bertz CT molecular complexity index is 306. The van der Waals surface area contributed by atoms with Gasteiger partial charge in [0.15, 0.2) is 0 Å². The highest BCUT2D eigenvalue weighted by molar-refractivity contribution is 6.55. The average Bonchev–Trinajstić information content (AvgIpc) is 2.66. The van der Waals surface area contributed by atoms with E-state index < -0.39 is 0 Å². The first-order valence-electron chi connectivity index (χ1n) is 5.54. The SMILES string of the molecule is CCC(C)OC(=O)C1C(C=C(Cl)Cl)C1(C)C. The maximum Gasteiger partial charge on any atom is 0.310 e. The monoisotopic (exact) mass is 264 g/mol. The number of halogens is 2. The van der Waals surface area contributed by atoms with Gasteiger partial charge in [-0.2, -0.15) is 0 Å². The summed E-state index contributed by atoms with van der Waals surface area (Å²) in [6.07, 6.45) is 2.53. The molecule has 0 aromatic carbocycles. The van der Waals surface area contributed by atoms with Crippen LogP contribution < -0.4 is 0 Å². The first-order chi connectivity index (χ1) is 7.30. The number of allylic oxidation sites excluding steroid dienone is 1. The van der Waals surface area contributed by atoms with Gasteiger partial charge in [-0.25, -0.2) is 0 Å². The van der Waals surface area contributed by atoms with Crippen molar-refractivity contribution in [1.82, 2.24) is 0 Å². The van der Waals surface area contributed by atoms with Crippen LogP contribution in [-0.4, -0.2) is 12.1 Å². The number of ether oxygens (including phenoxy) is 1. The summed E-state index contributed by atoms with van der Waals surface area (Å²) >= 11 is 11.2. The number of carbonyl (C=O) groups is 1. The lowest BCUT2D eigenvalue weighted by Gasteiger charge is -2.11. The van der Waals surface area contributed by atoms with Gasteiger partial charge in [-0.05, 0) is 30.8 Å². The van der Waals surface area contributed by atoms with Crippen molar-refractivity contribution in [3.05, 3.63) is 10.6 Å².